The molecule has 1 aliphatic rings. The summed E-state index contributed by atoms with van der Waals surface area (Å²) in [4.78, 5) is 30.4. The van der Waals surface area contributed by atoms with Crippen molar-refractivity contribution in [1.82, 2.24) is 4.90 Å². The Hall–Kier alpha value is -2.38. The Bertz CT molecular complexity index is 913. The lowest BCUT2D eigenvalue weighted by atomic mass is 9.92. The van der Waals surface area contributed by atoms with Crippen LogP contribution in [0.2, 0.25) is 0 Å². The fraction of sp³-hybridized carbons (Fsp3) is 0.520. The zero-order valence-electron chi connectivity index (χ0n) is 19.8. The van der Waals surface area contributed by atoms with Crippen LogP contribution < -0.4 is 10.2 Å². The molecule has 174 valence electrons. The molecule has 0 spiro atoms. The SMILES string of the molecule is CN(C)c1ccc(NC(=O)CC(C)(C)C)cc1CN(C[C@H]1CCCO1)C(=O)c1cccs1. The van der Waals surface area contributed by atoms with Crippen LogP contribution >= 0.6 is 11.3 Å². The lowest BCUT2D eigenvalue weighted by molar-refractivity contribution is -0.117. The van der Waals surface area contributed by atoms with E-state index in [1.807, 2.05) is 80.4 Å². The molecule has 32 heavy (non-hydrogen) atoms. The average molecular weight is 458 g/mol. The molecule has 1 atom stereocenters. The predicted octanol–water partition coefficient (Wildman–Crippen LogP) is 5.01. The fourth-order valence-corrected chi connectivity index (χ4v) is 4.62. The third-order valence-corrected chi connectivity index (χ3v) is 6.22. The molecule has 2 amide bonds. The number of rotatable bonds is 8. The Balaban J connectivity index is 1.85. The van der Waals surface area contributed by atoms with E-state index in [4.69, 9.17) is 4.74 Å². The van der Waals surface area contributed by atoms with Gasteiger partial charge in [0.05, 0.1) is 11.0 Å². The minimum absolute atomic E-state index is 0.00748. The molecule has 2 aromatic rings. The van der Waals surface area contributed by atoms with Gasteiger partial charge in [-0.15, -0.1) is 11.3 Å². The zero-order valence-corrected chi connectivity index (χ0v) is 20.6. The van der Waals surface area contributed by atoms with Crippen LogP contribution in [0.1, 0.15) is 55.3 Å². The number of benzene rings is 1. The van der Waals surface area contributed by atoms with Gasteiger partial charge in [-0.2, -0.15) is 0 Å². The molecule has 2 heterocycles. The average Bonchev–Trinajstić information content (AvgIpc) is 3.39. The van der Waals surface area contributed by atoms with Gasteiger partial charge in [-0.1, -0.05) is 26.8 Å². The smallest absolute Gasteiger partial charge is 0.264 e. The molecule has 0 bridgehead atoms. The molecule has 7 heteroatoms. The molecule has 1 fully saturated rings. The molecule has 0 saturated carbocycles. The molecule has 0 aliphatic carbocycles. The lowest BCUT2D eigenvalue weighted by Crippen LogP contribution is -2.37. The summed E-state index contributed by atoms with van der Waals surface area (Å²) in [5.74, 6) is 0.00861. The van der Waals surface area contributed by atoms with Gasteiger partial charge >= 0.3 is 0 Å². The Morgan fingerprint density at radius 3 is 2.59 bits per heavy atom. The summed E-state index contributed by atoms with van der Waals surface area (Å²) in [7, 11) is 3.98. The van der Waals surface area contributed by atoms with Crippen molar-refractivity contribution in [3.63, 3.8) is 0 Å². The normalized spacial score (nSPS) is 16.1. The van der Waals surface area contributed by atoms with E-state index < -0.39 is 0 Å². The lowest BCUT2D eigenvalue weighted by Gasteiger charge is -2.28. The van der Waals surface area contributed by atoms with Crippen molar-refractivity contribution in [2.45, 2.75) is 52.7 Å². The van der Waals surface area contributed by atoms with Crippen LogP contribution in [-0.2, 0) is 16.1 Å². The quantitative estimate of drug-likeness (QED) is 0.605. The number of hydrogen-bond acceptors (Lipinski definition) is 5. The van der Waals surface area contributed by atoms with Crippen molar-refractivity contribution in [3.8, 4) is 0 Å². The van der Waals surface area contributed by atoms with Gasteiger partial charge in [-0.25, -0.2) is 0 Å². The van der Waals surface area contributed by atoms with Gasteiger partial charge in [0.2, 0.25) is 5.91 Å². The van der Waals surface area contributed by atoms with Gasteiger partial charge in [0.1, 0.15) is 0 Å². The molecule has 1 aromatic heterocycles. The molecule has 1 aromatic carbocycles. The highest BCUT2D eigenvalue weighted by Gasteiger charge is 2.25. The highest BCUT2D eigenvalue weighted by molar-refractivity contribution is 7.12. The maximum absolute atomic E-state index is 13.3. The van der Waals surface area contributed by atoms with E-state index in [2.05, 4.69) is 5.32 Å². The van der Waals surface area contributed by atoms with Gasteiger partial charge in [0.25, 0.3) is 5.91 Å². The number of nitrogens with zero attached hydrogens (tertiary/aromatic N) is 2. The largest absolute Gasteiger partial charge is 0.377 e. The first-order valence-electron chi connectivity index (χ1n) is 11.2. The predicted molar refractivity (Wildman–Crippen MR) is 132 cm³/mol. The van der Waals surface area contributed by atoms with Gasteiger partial charge in [-0.3, -0.25) is 9.59 Å². The highest BCUT2D eigenvalue weighted by atomic mass is 32.1. The van der Waals surface area contributed by atoms with E-state index in [1.54, 1.807) is 0 Å². The van der Waals surface area contributed by atoms with E-state index >= 15 is 0 Å². The molecule has 1 N–H and O–H groups in total. The van der Waals surface area contributed by atoms with Crippen LogP contribution in [0, 0.1) is 5.41 Å². The number of nitrogens with one attached hydrogen (secondary N) is 1. The first kappa shape index (κ1) is 24.3. The summed E-state index contributed by atoms with van der Waals surface area (Å²) < 4.78 is 5.83. The van der Waals surface area contributed by atoms with E-state index in [9.17, 15) is 9.59 Å². The second kappa shape index (κ2) is 10.5. The summed E-state index contributed by atoms with van der Waals surface area (Å²) >= 11 is 1.46. The van der Waals surface area contributed by atoms with Crippen LogP contribution in [0.4, 0.5) is 11.4 Å². The van der Waals surface area contributed by atoms with E-state index in [0.29, 0.717) is 19.5 Å². The molecule has 0 unspecified atom stereocenters. The summed E-state index contributed by atoms with van der Waals surface area (Å²) in [5.41, 5.74) is 2.68. The maximum Gasteiger partial charge on any atom is 0.264 e. The second-order valence-corrected chi connectivity index (χ2v) is 10.8. The number of hydrogen-bond donors (Lipinski definition) is 1. The topological polar surface area (TPSA) is 61.9 Å². The fourth-order valence-electron chi connectivity index (χ4n) is 3.93. The Morgan fingerprint density at radius 2 is 2.00 bits per heavy atom. The molecule has 0 radical (unpaired) electrons. The second-order valence-electron chi connectivity index (χ2n) is 9.82. The van der Waals surface area contributed by atoms with Crippen LogP contribution in [0.5, 0.6) is 0 Å². The first-order valence-corrected chi connectivity index (χ1v) is 12.0. The van der Waals surface area contributed by atoms with Gasteiger partial charge in [0.15, 0.2) is 0 Å². The van der Waals surface area contributed by atoms with Gasteiger partial charge < -0.3 is 19.9 Å². The van der Waals surface area contributed by atoms with E-state index in [0.717, 1.165) is 41.3 Å². The van der Waals surface area contributed by atoms with Gasteiger partial charge in [0, 0.05) is 51.6 Å². The highest BCUT2D eigenvalue weighted by Crippen LogP contribution is 2.27. The minimum atomic E-state index is -0.0816. The Kier molecular flexibility index (Phi) is 7.96. The monoisotopic (exact) mass is 457 g/mol. The third-order valence-electron chi connectivity index (χ3n) is 5.36. The first-order chi connectivity index (χ1) is 15.1. The van der Waals surface area contributed by atoms with Crippen LogP contribution in [-0.4, -0.2) is 50.1 Å². The minimum Gasteiger partial charge on any atom is -0.377 e. The molecular weight excluding hydrogens is 422 g/mol. The molecule has 1 saturated heterocycles. The number of anilines is 2. The third kappa shape index (κ3) is 6.81. The van der Waals surface area contributed by atoms with Crippen LogP contribution in [0.15, 0.2) is 35.7 Å². The number of ether oxygens (including phenoxy) is 1. The molecular formula is C25H35N3O3S. The summed E-state index contributed by atoms with van der Waals surface area (Å²) in [6.45, 7) is 7.91. The standard InChI is InChI=1S/C25H35N3O3S/c1-25(2,3)15-23(29)26-19-10-11-21(27(4)5)18(14-19)16-28(17-20-8-6-12-31-20)24(30)22-9-7-13-32-22/h7,9-11,13-14,20H,6,8,12,15-17H2,1-5H3,(H,26,29)/t20-/m1/s1. The maximum atomic E-state index is 13.3. The van der Waals surface area contributed by atoms with E-state index in [1.165, 1.54) is 11.3 Å². The van der Waals surface area contributed by atoms with E-state index in [-0.39, 0.29) is 23.3 Å². The number of thiophene rings is 1. The summed E-state index contributed by atoms with van der Waals surface area (Å²) in [5, 5.41) is 4.95. The number of carbonyl (C=O) groups is 2. The summed E-state index contributed by atoms with van der Waals surface area (Å²) in [6, 6.07) is 9.68. The van der Waals surface area contributed by atoms with Crippen molar-refractivity contribution in [1.29, 1.82) is 0 Å². The van der Waals surface area contributed by atoms with Crippen molar-refractivity contribution < 1.29 is 14.3 Å². The van der Waals surface area contributed by atoms with Crippen LogP contribution in [0.25, 0.3) is 0 Å². The molecule has 3 rings (SSSR count). The Labute approximate surface area is 195 Å². The van der Waals surface area contributed by atoms with Gasteiger partial charge in [-0.05, 0) is 53.5 Å². The van der Waals surface area contributed by atoms with Crippen molar-refractivity contribution >= 4 is 34.5 Å². The molecule has 6 nitrogen and oxygen atoms in total. The Morgan fingerprint density at radius 1 is 1.22 bits per heavy atom. The van der Waals surface area contributed by atoms with Crippen LogP contribution in [0.3, 0.4) is 0 Å². The molecule has 1 aliphatic heterocycles. The zero-order chi connectivity index (χ0) is 23.3. The number of carbonyl (C=O) groups excluding carboxylic acids is 2. The van der Waals surface area contributed by atoms with Crippen molar-refractivity contribution in [2.24, 2.45) is 5.41 Å². The number of amides is 2. The summed E-state index contributed by atoms with van der Waals surface area (Å²) in [6.07, 6.45) is 2.51. The van der Waals surface area contributed by atoms with Crippen molar-refractivity contribution in [3.05, 3.63) is 46.2 Å². The van der Waals surface area contributed by atoms with Crippen molar-refractivity contribution in [2.75, 3.05) is 37.5 Å².